The predicted octanol–water partition coefficient (Wildman–Crippen LogP) is 3.78. The molecule has 0 aromatic heterocycles. The summed E-state index contributed by atoms with van der Waals surface area (Å²) in [4.78, 5) is 12.1. The van der Waals surface area contributed by atoms with E-state index < -0.39 is 11.8 Å². The van der Waals surface area contributed by atoms with Gasteiger partial charge in [-0.3, -0.25) is 0 Å². The van der Waals surface area contributed by atoms with Crippen LogP contribution in [-0.2, 0) is 4.74 Å². The fourth-order valence-electron chi connectivity index (χ4n) is 3.28. The van der Waals surface area contributed by atoms with Crippen molar-refractivity contribution in [3.63, 3.8) is 0 Å². The van der Waals surface area contributed by atoms with Crippen molar-refractivity contribution in [3.05, 3.63) is 29.6 Å². The monoisotopic (exact) mass is 279 g/mol. The zero-order valence-electron chi connectivity index (χ0n) is 12.3. The molecule has 2 unspecified atom stereocenters. The molecule has 1 aromatic carbocycles. The lowest BCUT2D eigenvalue weighted by Crippen LogP contribution is -2.34. The summed E-state index contributed by atoms with van der Waals surface area (Å²) >= 11 is 0. The second-order valence-corrected chi connectivity index (χ2v) is 6.67. The highest BCUT2D eigenvalue weighted by Gasteiger charge is 2.34. The Balaban J connectivity index is 2.07. The number of anilines is 1. The second kappa shape index (κ2) is 5.43. The van der Waals surface area contributed by atoms with Gasteiger partial charge in [-0.25, -0.2) is 9.18 Å². The first-order valence-electron chi connectivity index (χ1n) is 7.03. The van der Waals surface area contributed by atoms with Crippen LogP contribution in [0.1, 0.15) is 50.4 Å². The number of halogens is 1. The van der Waals surface area contributed by atoms with Gasteiger partial charge in [0.2, 0.25) is 0 Å². The van der Waals surface area contributed by atoms with E-state index in [1.807, 2.05) is 0 Å². The molecule has 2 atom stereocenters. The number of carbonyl (C=O) groups is 1. The lowest BCUT2D eigenvalue weighted by molar-refractivity contribution is -0.00704. The molecule has 3 nitrogen and oxygen atoms in total. The van der Waals surface area contributed by atoms with Gasteiger partial charge in [-0.1, -0.05) is 20.8 Å². The molecule has 1 fully saturated rings. The first-order valence-corrected chi connectivity index (χ1v) is 7.03. The summed E-state index contributed by atoms with van der Waals surface area (Å²) in [6.07, 6.45) is 2.77. The van der Waals surface area contributed by atoms with Crippen LogP contribution in [0.5, 0.6) is 0 Å². The zero-order valence-corrected chi connectivity index (χ0v) is 12.3. The van der Waals surface area contributed by atoms with Crippen LogP contribution < -0.4 is 5.73 Å². The number of hydrogen-bond donors (Lipinski definition) is 1. The van der Waals surface area contributed by atoms with Crippen molar-refractivity contribution < 1.29 is 13.9 Å². The van der Waals surface area contributed by atoms with E-state index in [2.05, 4.69) is 20.8 Å². The number of rotatable bonds is 2. The van der Waals surface area contributed by atoms with Crippen molar-refractivity contribution in [3.8, 4) is 0 Å². The molecule has 0 amide bonds. The third-order valence-corrected chi connectivity index (χ3v) is 3.85. The van der Waals surface area contributed by atoms with Crippen molar-refractivity contribution in [2.45, 2.75) is 46.1 Å². The smallest absolute Gasteiger partial charge is 0.340 e. The highest BCUT2D eigenvalue weighted by Crippen LogP contribution is 2.40. The molecule has 0 bridgehead atoms. The average Bonchev–Trinajstić information content (AvgIpc) is 2.25. The van der Waals surface area contributed by atoms with Crippen LogP contribution in [0.2, 0.25) is 0 Å². The van der Waals surface area contributed by atoms with Crippen molar-refractivity contribution in [1.82, 2.24) is 0 Å². The van der Waals surface area contributed by atoms with E-state index in [1.165, 1.54) is 12.1 Å². The Morgan fingerprint density at radius 2 is 2.10 bits per heavy atom. The van der Waals surface area contributed by atoms with E-state index in [0.717, 1.165) is 25.3 Å². The Hall–Kier alpha value is -1.58. The largest absolute Gasteiger partial charge is 0.459 e. The second-order valence-electron chi connectivity index (χ2n) is 6.67. The SMILES string of the molecule is CC1CC(OC(=O)c2ccc(F)cc2N)CC(C)(C)C1. The molecule has 1 aliphatic carbocycles. The minimum atomic E-state index is -0.461. The molecule has 1 aromatic rings. The summed E-state index contributed by atoms with van der Waals surface area (Å²) in [6.45, 7) is 6.56. The van der Waals surface area contributed by atoms with Crippen molar-refractivity contribution in [2.24, 2.45) is 11.3 Å². The van der Waals surface area contributed by atoms with Crippen molar-refractivity contribution in [2.75, 3.05) is 5.73 Å². The molecule has 0 radical (unpaired) electrons. The first kappa shape index (κ1) is 14.8. The van der Waals surface area contributed by atoms with Gasteiger partial charge in [-0.05, 0) is 48.8 Å². The Morgan fingerprint density at radius 1 is 1.40 bits per heavy atom. The predicted molar refractivity (Wildman–Crippen MR) is 76.8 cm³/mol. The molecule has 110 valence electrons. The molecule has 4 heteroatoms. The number of esters is 1. The Labute approximate surface area is 119 Å². The van der Waals surface area contributed by atoms with Crippen molar-refractivity contribution in [1.29, 1.82) is 0 Å². The van der Waals surface area contributed by atoms with Gasteiger partial charge in [0.15, 0.2) is 0 Å². The minimum absolute atomic E-state index is 0.0919. The maximum absolute atomic E-state index is 13.0. The summed E-state index contributed by atoms with van der Waals surface area (Å²) in [6, 6.07) is 3.74. The van der Waals surface area contributed by atoms with E-state index in [-0.39, 0.29) is 22.8 Å². The van der Waals surface area contributed by atoms with Crippen LogP contribution in [-0.4, -0.2) is 12.1 Å². The molecule has 0 saturated heterocycles. The Bertz CT molecular complexity index is 513. The van der Waals surface area contributed by atoms with Gasteiger partial charge in [-0.2, -0.15) is 0 Å². The van der Waals surface area contributed by atoms with E-state index in [0.29, 0.717) is 5.92 Å². The molecule has 2 N–H and O–H groups in total. The number of ether oxygens (including phenoxy) is 1. The maximum atomic E-state index is 13.0. The van der Waals surface area contributed by atoms with Crippen LogP contribution in [0, 0.1) is 17.2 Å². The third-order valence-electron chi connectivity index (χ3n) is 3.85. The summed E-state index contributed by atoms with van der Waals surface area (Å²) < 4.78 is 18.6. The number of nitrogen functional groups attached to an aromatic ring is 1. The molecule has 0 spiro atoms. The Kier molecular flexibility index (Phi) is 4.02. The molecular weight excluding hydrogens is 257 g/mol. The van der Waals surface area contributed by atoms with Gasteiger partial charge >= 0.3 is 5.97 Å². The highest BCUT2D eigenvalue weighted by atomic mass is 19.1. The average molecular weight is 279 g/mol. The Morgan fingerprint density at radius 3 is 2.70 bits per heavy atom. The number of carbonyl (C=O) groups excluding carboxylic acids is 1. The normalized spacial score (nSPS) is 25.2. The van der Waals surface area contributed by atoms with Gasteiger partial charge in [0.25, 0.3) is 0 Å². The van der Waals surface area contributed by atoms with Gasteiger partial charge in [0.1, 0.15) is 11.9 Å². The van der Waals surface area contributed by atoms with Crippen LogP contribution in [0.15, 0.2) is 18.2 Å². The summed E-state index contributed by atoms with van der Waals surface area (Å²) in [5.74, 6) is -0.383. The lowest BCUT2D eigenvalue weighted by atomic mass is 9.71. The quantitative estimate of drug-likeness (QED) is 0.662. The van der Waals surface area contributed by atoms with Crippen LogP contribution in [0.25, 0.3) is 0 Å². The van der Waals surface area contributed by atoms with Crippen molar-refractivity contribution >= 4 is 11.7 Å². The molecule has 2 rings (SSSR count). The van der Waals surface area contributed by atoms with Gasteiger partial charge < -0.3 is 10.5 Å². The van der Waals surface area contributed by atoms with Gasteiger partial charge in [0, 0.05) is 5.69 Å². The minimum Gasteiger partial charge on any atom is -0.459 e. The summed E-state index contributed by atoms with van der Waals surface area (Å²) in [5.41, 5.74) is 6.21. The van der Waals surface area contributed by atoms with E-state index in [9.17, 15) is 9.18 Å². The number of nitrogens with two attached hydrogens (primary N) is 1. The zero-order chi connectivity index (χ0) is 14.9. The molecule has 20 heavy (non-hydrogen) atoms. The third kappa shape index (κ3) is 3.50. The molecule has 0 aliphatic heterocycles. The molecule has 1 saturated carbocycles. The lowest BCUT2D eigenvalue weighted by Gasteiger charge is -2.38. The van der Waals surface area contributed by atoms with E-state index >= 15 is 0 Å². The summed E-state index contributed by atoms with van der Waals surface area (Å²) in [5, 5.41) is 0. The van der Waals surface area contributed by atoms with Crippen LogP contribution >= 0.6 is 0 Å². The first-order chi connectivity index (χ1) is 9.27. The molecule has 1 aliphatic rings. The standard InChI is InChI=1S/C16H22FNO2/c1-10-6-12(9-16(2,3)8-10)20-15(19)13-5-4-11(17)7-14(13)18/h4-5,7,10,12H,6,8-9,18H2,1-3H3. The number of hydrogen-bond acceptors (Lipinski definition) is 3. The molecular formula is C16H22FNO2. The van der Waals surface area contributed by atoms with Crippen LogP contribution in [0.3, 0.4) is 0 Å². The number of benzene rings is 1. The maximum Gasteiger partial charge on any atom is 0.340 e. The van der Waals surface area contributed by atoms with E-state index in [4.69, 9.17) is 10.5 Å². The fourth-order valence-corrected chi connectivity index (χ4v) is 3.28. The summed E-state index contributed by atoms with van der Waals surface area (Å²) in [7, 11) is 0. The van der Waals surface area contributed by atoms with Gasteiger partial charge in [-0.15, -0.1) is 0 Å². The van der Waals surface area contributed by atoms with Gasteiger partial charge in [0.05, 0.1) is 5.56 Å². The molecule has 0 heterocycles. The fraction of sp³-hybridized carbons (Fsp3) is 0.562. The van der Waals surface area contributed by atoms with E-state index in [1.54, 1.807) is 0 Å². The highest BCUT2D eigenvalue weighted by molar-refractivity contribution is 5.95. The van der Waals surface area contributed by atoms with Crippen LogP contribution in [0.4, 0.5) is 10.1 Å². The topological polar surface area (TPSA) is 52.3 Å².